The van der Waals surface area contributed by atoms with Crippen LogP contribution in [0.2, 0.25) is 0 Å². The third-order valence-corrected chi connectivity index (χ3v) is 4.81. The van der Waals surface area contributed by atoms with Crippen molar-refractivity contribution in [2.45, 2.75) is 57.5 Å². The van der Waals surface area contributed by atoms with E-state index in [1.807, 2.05) is 0 Å². The second-order valence-electron chi connectivity index (χ2n) is 5.86. The molecule has 0 aliphatic carbocycles. The van der Waals surface area contributed by atoms with Crippen molar-refractivity contribution in [1.82, 2.24) is 9.80 Å². The minimum absolute atomic E-state index is 0.0636. The van der Waals surface area contributed by atoms with E-state index in [0.29, 0.717) is 13.1 Å². The van der Waals surface area contributed by atoms with E-state index in [1.54, 1.807) is 4.90 Å². The van der Waals surface area contributed by atoms with Gasteiger partial charge in [0.05, 0.1) is 0 Å². The van der Waals surface area contributed by atoms with Crippen molar-refractivity contribution in [3.63, 3.8) is 0 Å². The normalized spacial score (nSPS) is 27.9. The minimum Gasteiger partial charge on any atom is -0.465 e. The molecule has 0 aromatic rings. The molecular weight excluding hydrogens is 260 g/mol. The molecule has 2 N–H and O–H groups in total. The van der Waals surface area contributed by atoms with Gasteiger partial charge < -0.3 is 20.0 Å². The summed E-state index contributed by atoms with van der Waals surface area (Å²) < 4.78 is 0. The highest BCUT2D eigenvalue weighted by Crippen LogP contribution is 2.33. The van der Waals surface area contributed by atoms with E-state index in [1.165, 1.54) is 4.90 Å². The van der Waals surface area contributed by atoms with E-state index < -0.39 is 12.2 Å². The number of hydrogen-bond donors (Lipinski definition) is 2. The van der Waals surface area contributed by atoms with Gasteiger partial charge in [0.1, 0.15) is 0 Å². The zero-order chi connectivity index (χ0) is 14.7. The van der Waals surface area contributed by atoms with Crippen molar-refractivity contribution in [3.8, 4) is 0 Å². The van der Waals surface area contributed by atoms with Gasteiger partial charge in [0.2, 0.25) is 0 Å². The maximum absolute atomic E-state index is 11.3. The summed E-state index contributed by atoms with van der Waals surface area (Å²) in [6.45, 7) is 3.30. The van der Waals surface area contributed by atoms with Gasteiger partial charge in [-0.15, -0.1) is 0 Å². The second-order valence-corrected chi connectivity index (χ2v) is 5.86. The molecule has 2 fully saturated rings. The summed E-state index contributed by atoms with van der Waals surface area (Å²) in [7, 11) is 0. The molecule has 2 aliphatic rings. The quantitative estimate of drug-likeness (QED) is 0.831. The Labute approximate surface area is 119 Å². The smallest absolute Gasteiger partial charge is 0.407 e. The van der Waals surface area contributed by atoms with E-state index in [-0.39, 0.29) is 18.0 Å². The molecule has 0 saturated carbocycles. The predicted molar refractivity (Wildman–Crippen MR) is 73.9 cm³/mol. The highest BCUT2D eigenvalue weighted by Gasteiger charge is 2.37. The standard InChI is InChI=1S/C14H24N2O4/c1-2-10(12-6-4-8-16(12)14(19)20)9-11-5-3-7-15(11)13(17)18/h10-12H,2-9H2,1H3,(H,17,18)(H,19,20). The van der Waals surface area contributed by atoms with Crippen LogP contribution in [0.1, 0.15) is 45.4 Å². The first kappa shape index (κ1) is 14.9. The predicted octanol–water partition coefficient (Wildman–Crippen LogP) is 2.69. The lowest BCUT2D eigenvalue weighted by molar-refractivity contribution is 0.105. The van der Waals surface area contributed by atoms with Crippen molar-refractivity contribution in [1.29, 1.82) is 0 Å². The van der Waals surface area contributed by atoms with E-state index in [4.69, 9.17) is 0 Å². The SMILES string of the molecule is CCC(CC1CCCN1C(=O)O)C1CCCN1C(=O)O. The maximum Gasteiger partial charge on any atom is 0.407 e. The van der Waals surface area contributed by atoms with Crippen molar-refractivity contribution < 1.29 is 19.8 Å². The van der Waals surface area contributed by atoms with E-state index in [0.717, 1.165) is 38.5 Å². The summed E-state index contributed by atoms with van der Waals surface area (Å²) in [4.78, 5) is 25.5. The number of amides is 2. The Hall–Kier alpha value is -1.46. The molecule has 0 aromatic heterocycles. The summed E-state index contributed by atoms with van der Waals surface area (Å²) in [5.74, 6) is 0.263. The second kappa shape index (κ2) is 6.33. The van der Waals surface area contributed by atoms with Crippen molar-refractivity contribution in [2.24, 2.45) is 5.92 Å². The van der Waals surface area contributed by atoms with Crippen LogP contribution in [0.5, 0.6) is 0 Å². The Morgan fingerprint density at radius 3 is 2.30 bits per heavy atom. The number of likely N-dealkylation sites (tertiary alicyclic amines) is 2. The summed E-state index contributed by atoms with van der Waals surface area (Å²) in [6.07, 6.45) is 3.65. The van der Waals surface area contributed by atoms with Crippen LogP contribution < -0.4 is 0 Å². The first-order chi connectivity index (χ1) is 9.54. The average Bonchev–Trinajstić information content (AvgIpc) is 3.04. The number of carbonyl (C=O) groups is 2. The van der Waals surface area contributed by atoms with E-state index >= 15 is 0 Å². The summed E-state index contributed by atoms with van der Waals surface area (Å²) >= 11 is 0. The van der Waals surface area contributed by atoms with E-state index in [9.17, 15) is 19.8 Å². The van der Waals surface area contributed by atoms with E-state index in [2.05, 4.69) is 6.92 Å². The Kier molecular flexibility index (Phi) is 4.73. The Balaban J connectivity index is 2.01. The number of rotatable bonds is 4. The molecule has 0 bridgehead atoms. The molecule has 2 saturated heterocycles. The molecule has 114 valence electrons. The third kappa shape index (κ3) is 2.99. The molecule has 2 aliphatic heterocycles. The van der Waals surface area contributed by atoms with Crippen molar-refractivity contribution in [2.75, 3.05) is 13.1 Å². The highest BCUT2D eigenvalue weighted by atomic mass is 16.4. The molecule has 3 unspecified atom stereocenters. The molecule has 2 amide bonds. The molecule has 20 heavy (non-hydrogen) atoms. The Bertz CT molecular complexity index is 374. The van der Waals surface area contributed by atoms with Crippen LogP contribution in [-0.2, 0) is 0 Å². The molecule has 0 aromatic carbocycles. The Morgan fingerprint density at radius 2 is 1.70 bits per heavy atom. The summed E-state index contributed by atoms with van der Waals surface area (Å²) in [5, 5.41) is 18.4. The van der Waals surface area contributed by atoms with Gasteiger partial charge in [0.25, 0.3) is 0 Å². The molecule has 2 rings (SSSR count). The fraction of sp³-hybridized carbons (Fsp3) is 0.857. The lowest BCUT2D eigenvalue weighted by Crippen LogP contribution is -2.42. The zero-order valence-corrected chi connectivity index (χ0v) is 12.0. The summed E-state index contributed by atoms with van der Waals surface area (Å²) in [5.41, 5.74) is 0. The van der Waals surface area contributed by atoms with Crippen LogP contribution in [-0.4, -0.2) is 57.4 Å². The van der Waals surface area contributed by atoms with Crippen molar-refractivity contribution in [3.05, 3.63) is 0 Å². The van der Waals surface area contributed by atoms with Gasteiger partial charge in [-0.2, -0.15) is 0 Å². The average molecular weight is 284 g/mol. The van der Waals surface area contributed by atoms with Crippen LogP contribution in [0.4, 0.5) is 9.59 Å². The van der Waals surface area contributed by atoms with Crippen LogP contribution >= 0.6 is 0 Å². The molecule has 3 atom stereocenters. The third-order valence-electron chi connectivity index (χ3n) is 4.81. The van der Waals surface area contributed by atoms with Crippen molar-refractivity contribution >= 4 is 12.2 Å². The fourth-order valence-corrected chi connectivity index (χ4v) is 3.80. The largest absolute Gasteiger partial charge is 0.465 e. The Morgan fingerprint density at radius 1 is 1.10 bits per heavy atom. The van der Waals surface area contributed by atoms with Gasteiger partial charge in [0.15, 0.2) is 0 Å². The number of carboxylic acid groups (broad SMARTS) is 2. The summed E-state index contributed by atoms with van der Waals surface area (Å²) in [6, 6.07) is 0.127. The maximum atomic E-state index is 11.3. The minimum atomic E-state index is -0.844. The van der Waals surface area contributed by atoms with Crippen LogP contribution in [0.25, 0.3) is 0 Å². The zero-order valence-electron chi connectivity index (χ0n) is 12.0. The van der Waals surface area contributed by atoms with Gasteiger partial charge in [-0.25, -0.2) is 9.59 Å². The fourth-order valence-electron chi connectivity index (χ4n) is 3.80. The molecule has 6 heteroatoms. The van der Waals surface area contributed by atoms with Gasteiger partial charge in [-0.1, -0.05) is 13.3 Å². The van der Waals surface area contributed by atoms with Gasteiger partial charge in [-0.05, 0) is 38.0 Å². The number of nitrogens with zero attached hydrogens (tertiary/aromatic N) is 2. The highest BCUT2D eigenvalue weighted by molar-refractivity contribution is 5.66. The number of hydrogen-bond acceptors (Lipinski definition) is 2. The first-order valence-corrected chi connectivity index (χ1v) is 7.53. The molecular formula is C14H24N2O4. The van der Waals surface area contributed by atoms with Crippen LogP contribution in [0.3, 0.4) is 0 Å². The van der Waals surface area contributed by atoms with Crippen LogP contribution in [0.15, 0.2) is 0 Å². The molecule has 6 nitrogen and oxygen atoms in total. The van der Waals surface area contributed by atoms with Gasteiger partial charge >= 0.3 is 12.2 Å². The molecule has 2 heterocycles. The first-order valence-electron chi connectivity index (χ1n) is 7.53. The monoisotopic (exact) mass is 284 g/mol. The van der Waals surface area contributed by atoms with Crippen LogP contribution in [0, 0.1) is 5.92 Å². The lowest BCUT2D eigenvalue weighted by Gasteiger charge is -2.33. The van der Waals surface area contributed by atoms with Gasteiger partial charge in [-0.3, -0.25) is 0 Å². The van der Waals surface area contributed by atoms with Gasteiger partial charge in [0, 0.05) is 25.2 Å². The molecule has 0 radical (unpaired) electrons. The lowest BCUT2D eigenvalue weighted by atomic mass is 9.88. The molecule has 0 spiro atoms. The topological polar surface area (TPSA) is 81.1 Å².